The lowest BCUT2D eigenvalue weighted by Crippen LogP contribution is -2.39. The van der Waals surface area contributed by atoms with Crippen LogP contribution >= 0.6 is 0 Å². The molecule has 0 amide bonds. The largest absolute Gasteiger partial charge is 0.390 e. The molecule has 0 bridgehead atoms. The topological polar surface area (TPSA) is 102 Å². The van der Waals surface area contributed by atoms with Gasteiger partial charge in [0.15, 0.2) is 5.82 Å². The van der Waals surface area contributed by atoms with Crippen LogP contribution in [0.4, 0.5) is 0 Å². The molecule has 126 valence electrons. The number of nitrogens with one attached hydrogen (secondary N) is 1. The van der Waals surface area contributed by atoms with Gasteiger partial charge in [0, 0.05) is 12.5 Å². The zero-order valence-corrected chi connectivity index (χ0v) is 13.5. The molecule has 2 aromatic heterocycles. The van der Waals surface area contributed by atoms with Gasteiger partial charge in [-0.3, -0.25) is 0 Å². The van der Waals surface area contributed by atoms with Gasteiger partial charge < -0.3 is 14.9 Å². The number of nitrogens with zero attached hydrogens (tertiary/aromatic N) is 5. The van der Waals surface area contributed by atoms with Gasteiger partial charge in [-0.05, 0) is 19.3 Å². The van der Waals surface area contributed by atoms with Crippen molar-refractivity contribution in [3.05, 3.63) is 23.6 Å². The molecule has 2 aromatic rings. The minimum absolute atomic E-state index is 0.0764. The summed E-state index contributed by atoms with van der Waals surface area (Å²) in [5, 5.41) is 24.8. The van der Waals surface area contributed by atoms with E-state index < -0.39 is 0 Å². The van der Waals surface area contributed by atoms with Crippen LogP contribution in [0.15, 0.2) is 10.7 Å². The van der Waals surface area contributed by atoms with Crippen LogP contribution in [0.3, 0.4) is 0 Å². The quantitative estimate of drug-likeness (QED) is 0.794. The second-order valence-electron chi connectivity index (χ2n) is 6.04. The Hall–Kier alpha value is -1.80. The summed E-state index contributed by atoms with van der Waals surface area (Å²) in [5.41, 5.74) is 0.607. The van der Waals surface area contributed by atoms with E-state index >= 15 is 0 Å². The molecule has 8 nitrogen and oxygen atoms in total. The molecular weight excluding hydrogens is 296 g/mol. The zero-order valence-electron chi connectivity index (χ0n) is 13.5. The SMILES string of the molecule is CCCc1noc(CN[C@H]2CCCC[C@H]2n2cc(CO)nn2)n1. The number of aryl methyl sites for hydroxylation is 1. The maximum absolute atomic E-state index is 9.15. The van der Waals surface area contributed by atoms with Gasteiger partial charge in [0.2, 0.25) is 5.89 Å². The molecular formula is C15H24N6O2. The number of aliphatic hydroxyl groups is 1. The number of hydrogen-bond acceptors (Lipinski definition) is 7. The van der Waals surface area contributed by atoms with Gasteiger partial charge in [0.25, 0.3) is 0 Å². The summed E-state index contributed by atoms with van der Waals surface area (Å²) in [5.74, 6) is 1.40. The third-order valence-corrected chi connectivity index (χ3v) is 4.29. The normalized spacial score (nSPS) is 21.7. The second kappa shape index (κ2) is 7.65. The fourth-order valence-electron chi connectivity index (χ4n) is 3.12. The Morgan fingerprint density at radius 2 is 2.26 bits per heavy atom. The molecule has 1 aliphatic carbocycles. The molecule has 0 aliphatic heterocycles. The van der Waals surface area contributed by atoms with Crippen LogP contribution < -0.4 is 5.32 Å². The smallest absolute Gasteiger partial charge is 0.240 e. The van der Waals surface area contributed by atoms with Crippen molar-refractivity contribution in [1.29, 1.82) is 0 Å². The lowest BCUT2D eigenvalue weighted by molar-refractivity contribution is 0.233. The molecule has 1 aliphatic rings. The summed E-state index contributed by atoms with van der Waals surface area (Å²) in [4.78, 5) is 4.39. The Morgan fingerprint density at radius 1 is 1.39 bits per heavy atom. The molecule has 2 N–H and O–H groups in total. The van der Waals surface area contributed by atoms with E-state index in [9.17, 15) is 0 Å². The lowest BCUT2D eigenvalue weighted by atomic mass is 9.90. The molecule has 2 atom stereocenters. The summed E-state index contributed by atoms with van der Waals surface area (Å²) < 4.78 is 7.15. The first-order valence-electron chi connectivity index (χ1n) is 8.36. The van der Waals surface area contributed by atoms with Crippen LogP contribution in [-0.2, 0) is 19.6 Å². The van der Waals surface area contributed by atoms with Crippen molar-refractivity contribution in [3.8, 4) is 0 Å². The number of aliphatic hydroxyl groups excluding tert-OH is 1. The third-order valence-electron chi connectivity index (χ3n) is 4.29. The Bertz CT molecular complexity index is 611. The van der Waals surface area contributed by atoms with Gasteiger partial charge in [-0.2, -0.15) is 4.98 Å². The van der Waals surface area contributed by atoms with Gasteiger partial charge in [0.05, 0.1) is 25.4 Å². The fourth-order valence-corrected chi connectivity index (χ4v) is 3.12. The Kier molecular flexibility index (Phi) is 5.35. The minimum Gasteiger partial charge on any atom is -0.390 e. The fraction of sp³-hybridized carbons (Fsp3) is 0.733. The third kappa shape index (κ3) is 3.94. The van der Waals surface area contributed by atoms with E-state index in [4.69, 9.17) is 9.63 Å². The second-order valence-corrected chi connectivity index (χ2v) is 6.04. The van der Waals surface area contributed by atoms with Crippen LogP contribution in [0.1, 0.15) is 62.5 Å². The van der Waals surface area contributed by atoms with Gasteiger partial charge in [-0.25, -0.2) is 4.68 Å². The van der Waals surface area contributed by atoms with E-state index in [-0.39, 0.29) is 12.6 Å². The minimum atomic E-state index is -0.0764. The molecule has 0 saturated heterocycles. The van der Waals surface area contributed by atoms with Crippen molar-refractivity contribution in [2.45, 2.75) is 70.7 Å². The predicted octanol–water partition coefficient (Wildman–Crippen LogP) is 1.38. The monoisotopic (exact) mass is 320 g/mol. The van der Waals surface area contributed by atoms with Crippen LogP contribution in [-0.4, -0.2) is 36.3 Å². The van der Waals surface area contributed by atoms with Gasteiger partial charge in [-0.1, -0.05) is 30.1 Å². The van der Waals surface area contributed by atoms with E-state index in [1.807, 2.05) is 10.9 Å². The summed E-state index contributed by atoms with van der Waals surface area (Å²) in [6.07, 6.45) is 8.19. The molecule has 0 aromatic carbocycles. The average molecular weight is 320 g/mol. The highest BCUT2D eigenvalue weighted by Crippen LogP contribution is 2.28. The molecule has 0 radical (unpaired) electrons. The lowest BCUT2D eigenvalue weighted by Gasteiger charge is -2.31. The van der Waals surface area contributed by atoms with Crippen molar-refractivity contribution >= 4 is 0 Å². The van der Waals surface area contributed by atoms with Crippen molar-refractivity contribution in [3.63, 3.8) is 0 Å². The number of rotatable bonds is 7. The molecule has 0 spiro atoms. The van der Waals surface area contributed by atoms with Gasteiger partial charge >= 0.3 is 0 Å². The Morgan fingerprint density at radius 3 is 3.04 bits per heavy atom. The van der Waals surface area contributed by atoms with Crippen molar-refractivity contribution in [2.24, 2.45) is 0 Å². The van der Waals surface area contributed by atoms with Crippen LogP contribution in [0, 0.1) is 0 Å². The van der Waals surface area contributed by atoms with E-state index in [1.165, 1.54) is 12.8 Å². The molecule has 2 heterocycles. The highest BCUT2D eigenvalue weighted by Gasteiger charge is 2.27. The average Bonchev–Trinajstić information content (AvgIpc) is 3.23. The summed E-state index contributed by atoms with van der Waals surface area (Å²) in [7, 11) is 0. The molecule has 8 heteroatoms. The molecule has 23 heavy (non-hydrogen) atoms. The Labute approximate surface area is 135 Å². The number of hydrogen-bond donors (Lipinski definition) is 2. The first-order chi connectivity index (χ1) is 11.3. The summed E-state index contributed by atoms with van der Waals surface area (Å²) in [6.45, 7) is 2.59. The van der Waals surface area contributed by atoms with E-state index in [0.29, 0.717) is 24.2 Å². The van der Waals surface area contributed by atoms with Crippen molar-refractivity contribution in [1.82, 2.24) is 30.5 Å². The first kappa shape index (κ1) is 16.1. The summed E-state index contributed by atoms with van der Waals surface area (Å²) in [6, 6.07) is 0.535. The van der Waals surface area contributed by atoms with Crippen LogP contribution in [0.25, 0.3) is 0 Å². The van der Waals surface area contributed by atoms with E-state index in [1.54, 1.807) is 0 Å². The van der Waals surface area contributed by atoms with Crippen LogP contribution in [0.2, 0.25) is 0 Å². The van der Waals surface area contributed by atoms with Crippen molar-refractivity contribution in [2.75, 3.05) is 0 Å². The predicted molar refractivity (Wildman–Crippen MR) is 82.4 cm³/mol. The van der Waals surface area contributed by atoms with E-state index in [0.717, 1.165) is 31.5 Å². The highest BCUT2D eigenvalue weighted by molar-refractivity contribution is 4.95. The standard InChI is InChI=1S/C15H24N6O2/c1-2-5-14-17-15(23-19-14)8-16-12-6-3-4-7-13(12)21-9-11(10-22)18-20-21/h9,12-13,16,22H,2-8,10H2,1H3/t12-,13+/m0/s1. The van der Waals surface area contributed by atoms with E-state index in [2.05, 4.69) is 32.7 Å². The molecule has 1 fully saturated rings. The highest BCUT2D eigenvalue weighted by atomic mass is 16.5. The molecule has 3 rings (SSSR count). The molecule has 1 saturated carbocycles. The van der Waals surface area contributed by atoms with Gasteiger partial charge in [-0.15, -0.1) is 5.10 Å². The maximum Gasteiger partial charge on any atom is 0.240 e. The zero-order chi connectivity index (χ0) is 16.1. The van der Waals surface area contributed by atoms with Gasteiger partial charge in [0.1, 0.15) is 5.69 Å². The number of aromatic nitrogens is 5. The van der Waals surface area contributed by atoms with Crippen LogP contribution in [0.5, 0.6) is 0 Å². The molecule has 0 unspecified atom stereocenters. The summed E-state index contributed by atoms with van der Waals surface area (Å²) >= 11 is 0. The Balaban J connectivity index is 1.61. The first-order valence-corrected chi connectivity index (χ1v) is 8.36. The van der Waals surface area contributed by atoms with Crippen molar-refractivity contribution < 1.29 is 9.63 Å². The maximum atomic E-state index is 9.15.